The Bertz CT molecular complexity index is 704. The molecule has 0 radical (unpaired) electrons. The van der Waals surface area contributed by atoms with Crippen molar-refractivity contribution >= 4 is 17.4 Å². The summed E-state index contributed by atoms with van der Waals surface area (Å²) < 4.78 is 39.6. The van der Waals surface area contributed by atoms with Crippen molar-refractivity contribution in [3.05, 3.63) is 52.4 Å². The molecule has 3 rings (SSSR count). The summed E-state index contributed by atoms with van der Waals surface area (Å²) in [7, 11) is 0. The Kier molecular flexibility index (Phi) is 4.19. The minimum atomic E-state index is -4.45. The predicted molar refractivity (Wildman–Crippen MR) is 82.5 cm³/mol. The van der Waals surface area contributed by atoms with E-state index < -0.39 is 11.7 Å². The molecule has 0 saturated carbocycles. The number of hydrogen-bond acceptors (Lipinski definition) is 3. The lowest BCUT2D eigenvalue weighted by atomic mass is 10.1. The normalized spacial score (nSPS) is 18.5. The van der Waals surface area contributed by atoms with E-state index in [0.717, 1.165) is 24.6 Å². The van der Waals surface area contributed by atoms with Gasteiger partial charge in [-0.25, -0.2) is 4.98 Å². The van der Waals surface area contributed by atoms with E-state index in [1.165, 1.54) is 6.92 Å². The Balaban J connectivity index is 2.02. The lowest BCUT2D eigenvalue weighted by molar-refractivity contribution is -0.138. The van der Waals surface area contributed by atoms with Crippen LogP contribution in [0.5, 0.6) is 0 Å². The third-order valence-electron chi connectivity index (χ3n) is 4.08. The Hall–Kier alpha value is -1.82. The van der Waals surface area contributed by atoms with Gasteiger partial charge in [0, 0.05) is 12.7 Å². The molecule has 122 valence electrons. The van der Waals surface area contributed by atoms with Crippen LogP contribution >= 0.6 is 11.6 Å². The van der Waals surface area contributed by atoms with E-state index in [1.807, 2.05) is 23.1 Å². The molecule has 3 heterocycles. The van der Waals surface area contributed by atoms with E-state index in [4.69, 9.17) is 11.6 Å². The fraction of sp³-hybridized carbons (Fsp3) is 0.375. The molecule has 0 N–H and O–H groups in total. The summed E-state index contributed by atoms with van der Waals surface area (Å²) in [6.45, 7) is 1.97. The SMILES string of the molecule is Cc1c(C(F)(F)F)cc(N2CCCC2c2ccccn2)nc1Cl. The molecule has 1 aliphatic rings. The van der Waals surface area contributed by atoms with Gasteiger partial charge in [0.15, 0.2) is 0 Å². The molecule has 3 nitrogen and oxygen atoms in total. The number of alkyl halides is 3. The highest BCUT2D eigenvalue weighted by Crippen LogP contribution is 2.40. The Labute approximate surface area is 137 Å². The first-order valence-corrected chi connectivity index (χ1v) is 7.67. The zero-order chi connectivity index (χ0) is 16.6. The maximum Gasteiger partial charge on any atom is 0.416 e. The maximum absolute atomic E-state index is 13.2. The number of rotatable bonds is 2. The number of nitrogens with zero attached hydrogens (tertiary/aromatic N) is 3. The second-order valence-electron chi connectivity index (χ2n) is 5.55. The first kappa shape index (κ1) is 16.1. The van der Waals surface area contributed by atoms with Gasteiger partial charge >= 0.3 is 6.18 Å². The van der Waals surface area contributed by atoms with E-state index in [1.54, 1.807) is 6.20 Å². The van der Waals surface area contributed by atoms with Gasteiger partial charge in [0.05, 0.1) is 17.3 Å². The van der Waals surface area contributed by atoms with Crippen molar-refractivity contribution in [2.75, 3.05) is 11.4 Å². The molecule has 23 heavy (non-hydrogen) atoms. The van der Waals surface area contributed by atoms with Gasteiger partial charge in [0.2, 0.25) is 0 Å². The molecule has 0 aromatic carbocycles. The van der Waals surface area contributed by atoms with Crippen LogP contribution in [-0.4, -0.2) is 16.5 Å². The molecular formula is C16H15ClF3N3. The Morgan fingerprint density at radius 2 is 2.09 bits per heavy atom. The van der Waals surface area contributed by atoms with Gasteiger partial charge < -0.3 is 4.90 Å². The molecule has 0 spiro atoms. The van der Waals surface area contributed by atoms with Crippen LogP contribution in [0.3, 0.4) is 0 Å². The molecule has 1 aliphatic heterocycles. The highest BCUT2D eigenvalue weighted by Gasteiger charge is 2.36. The van der Waals surface area contributed by atoms with E-state index in [2.05, 4.69) is 9.97 Å². The first-order valence-electron chi connectivity index (χ1n) is 7.30. The van der Waals surface area contributed by atoms with Crippen molar-refractivity contribution in [2.45, 2.75) is 32.0 Å². The van der Waals surface area contributed by atoms with Crippen molar-refractivity contribution in [3.63, 3.8) is 0 Å². The highest BCUT2D eigenvalue weighted by atomic mass is 35.5. The molecule has 1 atom stereocenters. The maximum atomic E-state index is 13.2. The second-order valence-corrected chi connectivity index (χ2v) is 5.91. The van der Waals surface area contributed by atoms with Crippen LogP contribution in [0, 0.1) is 6.92 Å². The monoisotopic (exact) mass is 341 g/mol. The fourth-order valence-electron chi connectivity index (χ4n) is 2.93. The molecular weight excluding hydrogens is 327 g/mol. The second kappa shape index (κ2) is 6.00. The number of halogens is 4. The van der Waals surface area contributed by atoms with Crippen LogP contribution < -0.4 is 4.90 Å². The van der Waals surface area contributed by atoms with Gasteiger partial charge in [-0.1, -0.05) is 17.7 Å². The quantitative estimate of drug-likeness (QED) is 0.735. The van der Waals surface area contributed by atoms with Crippen LogP contribution in [0.15, 0.2) is 30.5 Å². The smallest absolute Gasteiger partial charge is 0.348 e. The number of anilines is 1. The summed E-state index contributed by atoms with van der Waals surface area (Å²) in [6.07, 6.45) is -1.07. The molecule has 2 aromatic heterocycles. The zero-order valence-corrected chi connectivity index (χ0v) is 13.2. The van der Waals surface area contributed by atoms with Gasteiger partial charge in [0.1, 0.15) is 11.0 Å². The average Bonchev–Trinajstić information content (AvgIpc) is 2.99. The third kappa shape index (κ3) is 3.13. The lowest BCUT2D eigenvalue weighted by Gasteiger charge is -2.26. The van der Waals surface area contributed by atoms with E-state index in [-0.39, 0.29) is 22.6 Å². The Morgan fingerprint density at radius 1 is 1.30 bits per heavy atom. The fourth-order valence-corrected chi connectivity index (χ4v) is 3.12. The predicted octanol–water partition coefficient (Wildman–Crippen LogP) is 4.80. The average molecular weight is 342 g/mol. The largest absolute Gasteiger partial charge is 0.416 e. The number of pyridine rings is 2. The minimum Gasteiger partial charge on any atom is -0.348 e. The summed E-state index contributed by atoms with van der Waals surface area (Å²) in [5.74, 6) is 0.251. The van der Waals surface area contributed by atoms with Crippen LogP contribution in [0.25, 0.3) is 0 Å². The van der Waals surface area contributed by atoms with Crippen molar-refractivity contribution in [1.82, 2.24) is 9.97 Å². The third-order valence-corrected chi connectivity index (χ3v) is 4.45. The topological polar surface area (TPSA) is 29.0 Å². The molecule has 7 heteroatoms. The van der Waals surface area contributed by atoms with Crippen molar-refractivity contribution in [2.24, 2.45) is 0 Å². The summed E-state index contributed by atoms with van der Waals surface area (Å²) in [5.41, 5.74) is 0.0488. The summed E-state index contributed by atoms with van der Waals surface area (Å²) in [6, 6.07) is 6.57. The van der Waals surface area contributed by atoms with Gasteiger partial charge in [0.25, 0.3) is 0 Å². The van der Waals surface area contributed by atoms with Gasteiger partial charge in [-0.05, 0) is 43.5 Å². The summed E-state index contributed by atoms with van der Waals surface area (Å²) in [4.78, 5) is 10.3. The van der Waals surface area contributed by atoms with Gasteiger partial charge in [-0.15, -0.1) is 0 Å². The lowest BCUT2D eigenvalue weighted by Crippen LogP contribution is -2.25. The van der Waals surface area contributed by atoms with Gasteiger partial charge in [-0.2, -0.15) is 13.2 Å². The van der Waals surface area contributed by atoms with Crippen molar-refractivity contribution in [3.8, 4) is 0 Å². The van der Waals surface area contributed by atoms with Gasteiger partial charge in [-0.3, -0.25) is 4.98 Å². The molecule has 1 saturated heterocycles. The molecule has 0 aliphatic carbocycles. The zero-order valence-electron chi connectivity index (χ0n) is 12.4. The standard InChI is InChI=1S/C16H15ClF3N3/c1-10-11(16(18,19)20)9-14(22-15(10)17)23-8-4-6-13(23)12-5-2-3-7-21-12/h2-3,5,7,9,13H,4,6,8H2,1H3. The highest BCUT2D eigenvalue weighted by molar-refractivity contribution is 6.30. The van der Waals surface area contributed by atoms with E-state index >= 15 is 0 Å². The molecule has 0 amide bonds. The molecule has 0 bridgehead atoms. The molecule has 1 fully saturated rings. The van der Waals surface area contributed by atoms with E-state index in [0.29, 0.717) is 6.54 Å². The summed E-state index contributed by atoms with van der Waals surface area (Å²) >= 11 is 5.94. The number of aromatic nitrogens is 2. The van der Waals surface area contributed by atoms with Crippen LogP contribution in [0.2, 0.25) is 5.15 Å². The van der Waals surface area contributed by atoms with Crippen LogP contribution in [-0.2, 0) is 6.18 Å². The van der Waals surface area contributed by atoms with Crippen LogP contribution in [0.4, 0.5) is 19.0 Å². The molecule has 2 aromatic rings. The number of hydrogen-bond donors (Lipinski definition) is 0. The first-order chi connectivity index (χ1) is 10.9. The Morgan fingerprint density at radius 3 is 2.74 bits per heavy atom. The molecule has 1 unspecified atom stereocenters. The van der Waals surface area contributed by atoms with Crippen molar-refractivity contribution < 1.29 is 13.2 Å². The van der Waals surface area contributed by atoms with Crippen molar-refractivity contribution in [1.29, 1.82) is 0 Å². The summed E-state index contributed by atoms with van der Waals surface area (Å²) in [5, 5.41) is -0.110. The minimum absolute atomic E-state index is 0.0449. The van der Waals surface area contributed by atoms with Crippen LogP contribution in [0.1, 0.15) is 35.7 Å². The van der Waals surface area contributed by atoms with E-state index in [9.17, 15) is 13.2 Å².